The third kappa shape index (κ3) is 6.41. The molecule has 0 aliphatic carbocycles. The van der Waals surface area contributed by atoms with Crippen molar-refractivity contribution in [3.63, 3.8) is 0 Å². The molecule has 0 radical (unpaired) electrons. The highest BCUT2D eigenvalue weighted by Crippen LogP contribution is 2.42. The summed E-state index contributed by atoms with van der Waals surface area (Å²) in [5.41, 5.74) is 2.70. The average Bonchev–Trinajstić information content (AvgIpc) is 3.26. The molecule has 1 fully saturated rings. The number of benzene rings is 2. The van der Waals surface area contributed by atoms with Crippen LogP contribution in [0.25, 0.3) is 10.9 Å². The SMILES string of the molecule is Cc1ccc(S(=O)(=O)Oc2ccc3c4c([nH]c3c2)[C@H](CC(C)C)N2C(=O)[C@H](CCC(=O)OC(C)(C)C)NC(=O)[C@@H]2C4)cc1. The molecule has 2 N–H and O–H groups in total. The number of nitrogens with one attached hydrogen (secondary N) is 2. The lowest BCUT2D eigenvalue weighted by Crippen LogP contribution is -2.66. The minimum Gasteiger partial charge on any atom is -0.460 e. The van der Waals surface area contributed by atoms with E-state index in [1.807, 2.05) is 6.92 Å². The van der Waals surface area contributed by atoms with E-state index in [1.54, 1.807) is 56.0 Å². The van der Waals surface area contributed by atoms with Gasteiger partial charge in [0.25, 0.3) is 0 Å². The van der Waals surface area contributed by atoms with E-state index in [9.17, 15) is 22.8 Å². The molecule has 2 amide bonds. The van der Waals surface area contributed by atoms with Crippen molar-refractivity contribution in [2.24, 2.45) is 5.92 Å². The molecule has 3 aromatic rings. The lowest BCUT2D eigenvalue weighted by Gasteiger charge is -2.46. The van der Waals surface area contributed by atoms with Gasteiger partial charge in [0, 0.05) is 35.5 Å². The molecule has 1 aromatic heterocycles. The molecule has 3 heterocycles. The van der Waals surface area contributed by atoms with Gasteiger partial charge in [-0.1, -0.05) is 31.5 Å². The number of hydrogen-bond acceptors (Lipinski definition) is 7. The Labute approximate surface area is 252 Å². The highest BCUT2D eigenvalue weighted by atomic mass is 32.2. The smallest absolute Gasteiger partial charge is 0.339 e. The Kier molecular flexibility index (Phi) is 8.06. The van der Waals surface area contributed by atoms with Crippen molar-refractivity contribution < 1.29 is 31.7 Å². The van der Waals surface area contributed by atoms with Crippen LogP contribution >= 0.6 is 0 Å². The van der Waals surface area contributed by atoms with Gasteiger partial charge in [-0.25, -0.2) is 0 Å². The molecule has 1 saturated heterocycles. The summed E-state index contributed by atoms with van der Waals surface area (Å²) in [5.74, 6) is -0.544. The van der Waals surface area contributed by atoms with Gasteiger partial charge in [-0.05, 0) is 76.3 Å². The molecular weight excluding hydrogens is 570 g/mol. The number of fused-ring (bicyclic) bond motifs is 4. The third-order valence-electron chi connectivity index (χ3n) is 7.75. The van der Waals surface area contributed by atoms with Crippen LogP contribution in [0.4, 0.5) is 0 Å². The number of esters is 1. The van der Waals surface area contributed by atoms with E-state index >= 15 is 0 Å². The number of piperazine rings is 1. The second kappa shape index (κ2) is 11.3. The van der Waals surface area contributed by atoms with Crippen molar-refractivity contribution in [3.8, 4) is 5.75 Å². The quantitative estimate of drug-likeness (QED) is 0.279. The van der Waals surface area contributed by atoms with E-state index in [0.717, 1.165) is 22.2 Å². The van der Waals surface area contributed by atoms with E-state index in [1.165, 1.54) is 12.1 Å². The van der Waals surface area contributed by atoms with Crippen LogP contribution in [0.15, 0.2) is 47.4 Å². The Hall–Kier alpha value is -3.86. The standard InChI is InChI=1S/C32H39N3O7S/c1-18(2)15-26-29-23(17-27-30(37)34-24(31(38)35(26)27)13-14-28(36)41-32(4,5)6)22-12-9-20(16-25(22)33-29)42-43(39,40)21-10-7-19(3)8-11-21/h7-12,16,18,24,26-27,33H,13-15,17H2,1-6H3,(H,34,37)/t24-,26-,27-/m0/s1. The number of carbonyl (C=O) groups is 3. The summed E-state index contributed by atoms with van der Waals surface area (Å²) in [6.07, 6.45) is 1.07. The van der Waals surface area contributed by atoms with Gasteiger partial charge in [0.15, 0.2) is 0 Å². The van der Waals surface area contributed by atoms with Crippen molar-refractivity contribution in [2.45, 2.75) is 95.8 Å². The number of aromatic nitrogens is 1. The van der Waals surface area contributed by atoms with Crippen LogP contribution in [0.1, 0.15) is 76.7 Å². The van der Waals surface area contributed by atoms with Crippen LogP contribution in [-0.4, -0.2) is 53.8 Å². The molecule has 43 heavy (non-hydrogen) atoms. The monoisotopic (exact) mass is 609 g/mol. The lowest BCUT2D eigenvalue weighted by atomic mass is 9.85. The van der Waals surface area contributed by atoms with E-state index < -0.39 is 39.8 Å². The van der Waals surface area contributed by atoms with Gasteiger partial charge in [0.2, 0.25) is 11.8 Å². The maximum atomic E-state index is 13.8. The van der Waals surface area contributed by atoms with Crippen molar-refractivity contribution in [3.05, 3.63) is 59.3 Å². The number of aryl methyl sites for hydroxylation is 1. The molecule has 10 nitrogen and oxygen atoms in total. The summed E-state index contributed by atoms with van der Waals surface area (Å²) < 4.78 is 36.7. The molecule has 2 aromatic carbocycles. The Morgan fingerprint density at radius 1 is 1.09 bits per heavy atom. The van der Waals surface area contributed by atoms with Crippen molar-refractivity contribution in [1.82, 2.24) is 15.2 Å². The molecule has 11 heteroatoms. The fourth-order valence-electron chi connectivity index (χ4n) is 5.90. The fourth-order valence-corrected chi connectivity index (χ4v) is 6.83. The van der Waals surface area contributed by atoms with Crippen LogP contribution in [0.3, 0.4) is 0 Å². The Morgan fingerprint density at radius 2 is 1.79 bits per heavy atom. The molecule has 0 unspecified atom stereocenters. The Balaban J connectivity index is 1.44. The first kappa shape index (κ1) is 30.6. The fraction of sp³-hybridized carbons (Fsp3) is 0.469. The molecule has 230 valence electrons. The van der Waals surface area contributed by atoms with Gasteiger partial charge < -0.3 is 24.1 Å². The van der Waals surface area contributed by atoms with E-state index in [2.05, 4.69) is 24.1 Å². The molecule has 0 spiro atoms. The van der Waals surface area contributed by atoms with Crippen molar-refractivity contribution in [1.29, 1.82) is 0 Å². The molecule has 2 aliphatic heterocycles. The van der Waals surface area contributed by atoms with Gasteiger partial charge in [-0.15, -0.1) is 0 Å². The molecule has 3 atom stereocenters. The van der Waals surface area contributed by atoms with Crippen molar-refractivity contribution >= 4 is 38.8 Å². The highest BCUT2D eigenvalue weighted by molar-refractivity contribution is 7.87. The number of aromatic amines is 1. The topological polar surface area (TPSA) is 135 Å². The third-order valence-corrected chi connectivity index (χ3v) is 9.01. The number of carbonyl (C=O) groups excluding carboxylic acids is 3. The summed E-state index contributed by atoms with van der Waals surface area (Å²) in [6.45, 7) is 11.3. The largest absolute Gasteiger partial charge is 0.460 e. The minimum absolute atomic E-state index is 0.00716. The predicted molar refractivity (Wildman–Crippen MR) is 161 cm³/mol. The van der Waals surface area contributed by atoms with E-state index in [-0.39, 0.29) is 41.2 Å². The highest BCUT2D eigenvalue weighted by Gasteiger charge is 2.48. The normalized spacial score (nSPS) is 20.5. The zero-order chi connectivity index (χ0) is 31.3. The van der Waals surface area contributed by atoms with Gasteiger partial charge in [-0.2, -0.15) is 8.42 Å². The van der Waals surface area contributed by atoms with Crippen LogP contribution in [0.5, 0.6) is 5.75 Å². The molecule has 0 saturated carbocycles. The summed E-state index contributed by atoms with van der Waals surface area (Å²) in [5, 5.41) is 3.69. The number of nitrogens with zero attached hydrogens (tertiary/aromatic N) is 1. The zero-order valence-corrected chi connectivity index (χ0v) is 26.2. The maximum Gasteiger partial charge on any atom is 0.339 e. The summed E-state index contributed by atoms with van der Waals surface area (Å²) >= 11 is 0. The van der Waals surface area contributed by atoms with Crippen LogP contribution in [0.2, 0.25) is 0 Å². The van der Waals surface area contributed by atoms with Gasteiger partial charge in [-0.3, -0.25) is 14.4 Å². The van der Waals surface area contributed by atoms with E-state index in [4.69, 9.17) is 8.92 Å². The van der Waals surface area contributed by atoms with Gasteiger partial charge in [0.1, 0.15) is 28.3 Å². The average molecular weight is 610 g/mol. The van der Waals surface area contributed by atoms with E-state index in [0.29, 0.717) is 18.4 Å². The molecule has 5 rings (SSSR count). The first-order chi connectivity index (χ1) is 20.1. The lowest BCUT2D eigenvalue weighted by molar-refractivity contribution is -0.157. The Bertz CT molecular complexity index is 1670. The second-order valence-corrected chi connectivity index (χ2v) is 14.4. The number of ether oxygens (including phenoxy) is 1. The van der Waals surface area contributed by atoms with Gasteiger partial charge in [0.05, 0.1) is 6.04 Å². The molecule has 0 bridgehead atoms. The number of rotatable bonds is 8. The van der Waals surface area contributed by atoms with Crippen molar-refractivity contribution in [2.75, 3.05) is 0 Å². The number of amides is 2. The summed E-state index contributed by atoms with van der Waals surface area (Å²) in [4.78, 5) is 44.8. The predicted octanol–water partition coefficient (Wildman–Crippen LogP) is 4.70. The summed E-state index contributed by atoms with van der Waals surface area (Å²) in [7, 11) is -4.04. The first-order valence-corrected chi connectivity index (χ1v) is 16.0. The molecular formula is C32H39N3O7S. The number of H-pyrrole nitrogens is 1. The summed E-state index contributed by atoms with van der Waals surface area (Å²) in [6, 6.07) is 9.54. The Morgan fingerprint density at radius 3 is 2.44 bits per heavy atom. The zero-order valence-electron chi connectivity index (χ0n) is 25.4. The number of hydrogen-bond donors (Lipinski definition) is 2. The van der Waals surface area contributed by atoms with Crippen LogP contribution in [-0.2, 0) is 35.7 Å². The second-order valence-electron chi connectivity index (χ2n) is 12.9. The first-order valence-electron chi connectivity index (χ1n) is 14.6. The van der Waals surface area contributed by atoms with Gasteiger partial charge >= 0.3 is 16.1 Å². The van der Waals surface area contributed by atoms with Crippen LogP contribution < -0.4 is 9.50 Å². The van der Waals surface area contributed by atoms with Crippen LogP contribution in [0, 0.1) is 12.8 Å². The molecule has 2 aliphatic rings. The minimum atomic E-state index is -4.04. The maximum absolute atomic E-state index is 13.8.